The van der Waals surface area contributed by atoms with E-state index in [-0.39, 0.29) is 0 Å². The van der Waals surface area contributed by atoms with E-state index >= 15 is 0 Å². The lowest BCUT2D eigenvalue weighted by molar-refractivity contribution is 1.26. The molecule has 2 aromatic rings. The normalized spacial score (nSPS) is 12.0. The Balaban J connectivity index is 2.62. The molecule has 1 aromatic heterocycles. The maximum Gasteiger partial charge on any atom is 0.0967 e. The summed E-state index contributed by atoms with van der Waals surface area (Å²) in [7, 11) is 0. The number of halogens is 2. The van der Waals surface area contributed by atoms with Gasteiger partial charge in [0, 0.05) is 0 Å². The second-order valence-electron chi connectivity index (χ2n) is 2.70. The van der Waals surface area contributed by atoms with Crippen LogP contribution in [0, 0.1) is 0 Å². The van der Waals surface area contributed by atoms with Gasteiger partial charge in [-0.05, 0) is 33.0 Å². The Morgan fingerprint density at radius 3 is 2.64 bits per heavy atom. The second kappa shape index (κ2) is 4.19. The van der Waals surface area contributed by atoms with Crippen molar-refractivity contribution in [3.63, 3.8) is 0 Å². The van der Waals surface area contributed by atoms with Crippen molar-refractivity contribution in [3.05, 3.63) is 41.1 Å². The number of rotatable bonds is 1. The Bertz CT molecular complexity index is 494. The summed E-state index contributed by atoms with van der Waals surface area (Å²) < 4.78 is 0.885. The fourth-order valence-corrected chi connectivity index (χ4v) is 1.55. The zero-order valence-corrected chi connectivity index (χ0v) is 10.3. The summed E-state index contributed by atoms with van der Waals surface area (Å²) in [6.07, 6.45) is 1.74. The summed E-state index contributed by atoms with van der Waals surface area (Å²) in [5.74, 6) is 0. The van der Waals surface area contributed by atoms with Gasteiger partial charge in [0.15, 0.2) is 0 Å². The van der Waals surface area contributed by atoms with Gasteiger partial charge in [0.05, 0.1) is 27.4 Å². The van der Waals surface area contributed by atoms with E-state index < -0.39 is 0 Å². The molecule has 14 heavy (non-hydrogen) atoms. The monoisotopic (exact) mass is 312 g/mol. The maximum atomic E-state index is 4.44. The molecular formula is C10H6Br2N2. The highest BCUT2D eigenvalue weighted by atomic mass is 79.9. The fourth-order valence-electron chi connectivity index (χ4n) is 1.13. The lowest BCUT2D eigenvalue weighted by Crippen LogP contribution is -1.88. The Kier molecular flexibility index (Phi) is 2.93. The van der Waals surface area contributed by atoms with E-state index in [0.717, 1.165) is 21.2 Å². The van der Waals surface area contributed by atoms with E-state index in [0.29, 0.717) is 0 Å². The van der Waals surface area contributed by atoms with Crippen molar-refractivity contribution in [2.24, 2.45) is 0 Å². The largest absolute Gasteiger partial charge is 0.252 e. The summed E-state index contributed by atoms with van der Waals surface area (Å²) in [5.41, 5.74) is 2.63. The van der Waals surface area contributed by atoms with Crippen LogP contribution in [0.25, 0.3) is 15.5 Å². The number of para-hydroxylation sites is 2. The van der Waals surface area contributed by atoms with E-state index in [2.05, 4.69) is 41.8 Å². The molecule has 0 unspecified atom stereocenters. The molecule has 0 aliphatic heterocycles. The number of hydrogen-bond acceptors (Lipinski definition) is 2. The molecule has 0 aliphatic carbocycles. The Hall–Kier alpha value is -0.740. The van der Waals surface area contributed by atoms with Crippen molar-refractivity contribution in [2.75, 3.05) is 0 Å². The lowest BCUT2D eigenvalue weighted by Gasteiger charge is -1.99. The van der Waals surface area contributed by atoms with Crippen molar-refractivity contribution in [2.45, 2.75) is 0 Å². The highest BCUT2D eigenvalue weighted by Crippen LogP contribution is 2.21. The van der Waals surface area contributed by atoms with Crippen molar-refractivity contribution in [1.82, 2.24) is 9.97 Å². The predicted molar refractivity (Wildman–Crippen MR) is 65.4 cm³/mol. The molecule has 0 fully saturated rings. The molecule has 0 amide bonds. The molecule has 0 radical (unpaired) electrons. The van der Waals surface area contributed by atoms with Crippen LogP contribution in [0.1, 0.15) is 5.69 Å². The molecule has 1 heterocycles. The average molecular weight is 314 g/mol. The van der Waals surface area contributed by atoms with Gasteiger partial charge in [0.1, 0.15) is 0 Å². The SMILES string of the molecule is Br/C=C(/Br)c1cnc2ccccc2n1. The van der Waals surface area contributed by atoms with Gasteiger partial charge in [-0.15, -0.1) is 0 Å². The molecular weight excluding hydrogens is 308 g/mol. The summed E-state index contributed by atoms with van der Waals surface area (Å²) in [6, 6.07) is 7.79. The van der Waals surface area contributed by atoms with Gasteiger partial charge in [-0.3, -0.25) is 4.98 Å². The lowest BCUT2D eigenvalue weighted by atomic mass is 10.3. The number of benzene rings is 1. The summed E-state index contributed by atoms with van der Waals surface area (Å²) in [5, 5.41) is 0. The number of aromatic nitrogens is 2. The van der Waals surface area contributed by atoms with Crippen LogP contribution in [-0.2, 0) is 0 Å². The molecule has 0 bridgehead atoms. The molecule has 70 valence electrons. The minimum Gasteiger partial charge on any atom is -0.252 e. The first-order chi connectivity index (χ1) is 6.81. The van der Waals surface area contributed by atoms with Crippen molar-refractivity contribution in [3.8, 4) is 0 Å². The molecule has 0 N–H and O–H groups in total. The fraction of sp³-hybridized carbons (Fsp3) is 0. The van der Waals surface area contributed by atoms with Crippen LogP contribution in [0.4, 0.5) is 0 Å². The molecule has 0 saturated heterocycles. The van der Waals surface area contributed by atoms with Crippen LogP contribution in [-0.4, -0.2) is 9.97 Å². The third-order valence-corrected chi connectivity index (χ3v) is 3.50. The number of nitrogens with zero attached hydrogens (tertiary/aromatic N) is 2. The quantitative estimate of drug-likeness (QED) is 0.802. The van der Waals surface area contributed by atoms with E-state index in [1.165, 1.54) is 0 Å². The van der Waals surface area contributed by atoms with E-state index in [1.54, 1.807) is 11.2 Å². The molecule has 0 spiro atoms. The third kappa shape index (κ3) is 1.86. The van der Waals surface area contributed by atoms with Gasteiger partial charge in [0.2, 0.25) is 0 Å². The summed E-state index contributed by atoms with van der Waals surface area (Å²) in [4.78, 5) is 10.5. The van der Waals surface area contributed by atoms with Crippen LogP contribution in [0.15, 0.2) is 35.4 Å². The van der Waals surface area contributed by atoms with E-state index in [4.69, 9.17) is 0 Å². The number of fused-ring (bicyclic) bond motifs is 1. The number of hydrogen-bond donors (Lipinski definition) is 0. The average Bonchev–Trinajstić information content (AvgIpc) is 2.27. The van der Waals surface area contributed by atoms with Gasteiger partial charge in [-0.1, -0.05) is 28.1 Å². The van der Waals surface area contributed by atoms with Gasteiger partial charge >= 0.3 is 0 Å². The minimum absolute atomic E-state index is 0.820. The molecule has 1 aromatic carbocycles. The minimum atomic E-state index is 0.820. The van der Waals surface area contributed by atoms with Crippen LogP contribution >= 0.6 is 31.9 Å². The summed E-state index contributed by atoms with van der Waals surface area (Å²) >= 11 is 6.62. The smallest absolute Gasteiger partial charge is 0.0967 e. The van der Waals surface area contributed by atoms with Crippen molar-refractivity contribution in [1.29, 1.82) is 0 Å². The predicted octanol–water partition coefficient (Wildman–Crippen LogP) is 3.72. The van der Waals surface area contributed by atoms with Gasteiger partial charge in [-0.2, -0.15) is 0 Å². The van der Waals surface area contributed by atoms with Crippen LogP contribution in [0.2, 0.25) is 0 Å². The van der Waals surface area contributed by atoms with E-state index in [9.17, 15) is 0 Å². The first-order valence-electron chi connectivity index (χ1n) is 3.99. The van der Waals surface area contributed by atoms with Crippen LogP contribution < -0.4 is 0 Å². The second-order valence-corrected chi connectivity index (χ2v) is 4.01. The zero-order chi connectivity index (χ0) is 9.97. The molecule has 0 atom stereocenters. The topological polar surface area (TPSA) is 25.8 Å². The van der Waals surface area contributed by atoms with Gasteiger partial charge in [-0.25, -0.2) is 4.98 Å². The standard InChI is InChI=1S/C10H6Br2N2/c11-5-7(12)10-6-13-8-3-1-2-4-9(8)14-10/h1-6H/b7-5+. The molecule has 0 aliphatic rings. The Morgan fingerprint density at radius 2 is 1.93 bits per heavy atom. The molecule has 4 heteroatoms. The van der Waals surface area contributed by atoms with E-state index in [1.807, 2.05) is 24.3 Å². The van der Waals surface area contributed by atoms with Gasteiger partial charge < -0.3 is 0 Å². The highest BCUT2D eigenvalue weighted by molar-refractivity contribution is 9.16. The van der Waals surface area contributed by atoms with Crippen LogP contribution in [0.5, 0.6) is 0 Å². The first kappa shape index (κ1) is 9.80. The Morgan fingerprint density at radius 1 is 1.21 bits per heavy atom. The maximum absolute atomic E-state index is 4.44. The molecule has 2 nitrogen and oxygen atoms in total. The highest BCUT2D eigenvalue weighted by Gasteiger charge is 2.01. The van der Waals surface area contributed by atoms with Crippen molar-refractivity contribution >= 4 is 47.4 Å². The first-order valence-corrected chi connectivity index (χ1v) is 5.70. The zero-order valence-electron chi connectivity index (χ0n) is 7.11. The molecule has 0 saturated carbocycles. The van der Waals surface area contributed by atoms with Gasteiger partial charge in [0.25, 0.3) is 0 Å². The molecule has 2 rings (SSSR count). The van der Waals surface area contributed by atoms with Crippen LogP contribution in [0.3, 0.4) is 0 Å². The van der Waals surface area contributed by atoms with Crippen molar-refractivity contribution < 1.29 is 0 Å². The Labute approximate surface area is 98.3 Å². The summed E-state index contributed by atoms with van der Waals surface area (Å²) in [6.45, 7) is 0. The third-order valence-electron chi connectivity index (χ3n) is 1.79.